The molecule has 0 saturated heterocycles. The van der Waals surface area contributed by atoms with E-state index in [1.807, 2.05) is 0 Å². The van der Waals surface area contributed by atoms with Gasteiger partial charge in [-0.3, -0.25) is 4.98 Å². The molecule has 1 rings (SSSR count). The zero-order chi connectivity index (χ0) is 11.6. The van der Waals surface area contributed by atoms with Crippen molar-refractivity contribution < 1.29 is 23.8 Å². The van der Waals surface area contributed by atoms with Crippen LogP contribution in [0, 0.1) is 0 Å². The number of hydrogen-bond donors (Lipinski definition) is 3. The third kappa shape index (κ3) is 2.01. The molecular formula is C8H8F2N2O3. The van der Waals surface area contributed by atoms with Crippen LogP contribution in [-0.2, 0) is 6.54 Å². The summed E-state index contributed by atoms with van der Waals surface area (Å²) in [6.07, 6.45) is -2.11. The van der Waals surface area contributed by atoms with Gasteiger partial charge in [-0.25, -0.2) is 13.6 Å². The van der Waals surface area contributed by atoms with Crippen LogP contribution < -0.4 is 5.73 Å². The highest BCUT2D eigenvalue weighted by Crippen LogP contribution is 2.30. The molecule has 0 bridgehead atoms. The highest BCUT2D eigenvalue weighted by atomic mass is 19.3. The molecule has 5 nitrogen and oxygen atoms in total. The molecule has 82 valence electrons. The predicted molar refractivity (Wildman–Crippen MR) is 45.7 cm³/mol. The minimum Gasteiger partial charge on any atom is -0.505 e. The van der Waals surface area contributed by atoms with Gasteiger partial charge in [0.2, 0.25) is 0 Å². The van der Waals surface area contributed by atoms with Crippen molar-refractivity contribution >= 4 is 5.97 Å². The number of hydrogen-bond acceptors (Lipinski definition) is 4. The topological polar surface area (TPSA) is 96.4 Å². The van der Waals surface area contributed by atoms with Crippen molar-refractivity contribution in [1.29, 1.82) is 0 Å². The Kier molecular flexibility index (Phi) is 3.15. The summed E-state index contributed by atoms with van der Waals surface area (Å²) in [7, 11) is 0. The van der Waals surface area contributed by atoms with Gasteiger partial charge in [-0.05, 0) is 0 Å². The Morgan fingerprint density at radius 2 is 2.20 bits per heavy atom. The van der Waals surface area contributed by atoms with Crippen LogP contribution in [-0.4, -0.2) is 21.2 Å². The van der Waals surface area contributed by atoms with E-state index in [1.54, 1.807) is 0 Å². The van der Waals surface area contributed by atoms with Crippen LogP contribution in [0.3, 0.4) is 0 Å². The number of aromatic carboxylic acids is 1. The fourth-order valence-corrected chi connectivity index (χ4v) is 1.11. The molecule has 0 aliphatic rings. The number of nitrogens with zero attached hydrogens (tertiary/aromatic N) is 1. The van der Waals surface area contributed by atoms with Gasteiger partial charge >= 0.3 is 5.97 Å². The Morgan fingerprint density at radius 1 is 1.60 bits per heavy atom. The number of nitrogens with two attached hydrogens (primary N) is 1. The number of alkyl halides is 2. The molecule has 4 N–H and O–H groups in total. The Labute approximate surface area is 83.2 Å². The average molecular weight is 218 g/mol. The third-order valence-corrected chi connectivity index (χ3v) is 1.80. The van der Waals surface area contributed by atoms with Crippen molar-refractivity contribution in [3.63, 3.8) is 0 Å². The molecule has 0 saturated carbocycles. The van der Waals surface area contributed by atoms with Gasteiger partial charge in [0.1, 0.15) is 11.3 Å². The minimum absolute atomic E-state index is 0.00407. The number of aromatic hydroxyl groups is 1. The Morgan fingerprint density at radius 3 is 2.60 bits per heavy atom. The fraction of sp³-hybridized carbons (Fsp3) is 0.250. The molecule has 0 radical (unpaired) electrons. The summed E-state index contributed by atoms with van der Waals surface area (Å²) in [6.45, 7) is -0.203. The van der Waals surface area contributed by atoms with E-state index in [9.17, 15) is 18.7 Å². The van der Waals surface area contributed by atoms with Crippen LogP contribution in [0.2, 0.25) is 0 Å². The van der Waals surface area contributed by atoms with Crippen LogP contribution in [0.15, 0.2) is 6.20 Å². The van der Waals surface area contributed by atoms with E-state index in [4.69, 9.17) is 10.8 Å². The molecule has 1 aromatic heterocycles. The minimum atomic E-state index is -3.03. The molecule has 0 fully saturated rings. The predicted octanol–water partition coefficient (Wildman–Crippen LogP) is 0.882. The quantitative estimate of drug-likeness (QED) is 0.699. The van der Waals surface area contributed by atoms with Crippen LogP contribution >= 0.6 is 0 Å². The van der Waals surface area contributed by atoms with E-state index in [2.05, 4.69) is 4.98 Å². The maximum absolute atomic E-state index is 12.3. The summed E-state index contributed by atoms with van der Waals surface area (Å²) in [5.74, 6) is -2.54. The number of aromatic nitrogens is 1. The van der Waals surface area contributed by atoms with Gasteiger partial charge in [-0.2, -0.15) is 0 Å². The number of carbonyl (C=O) groups is 1. The first-order valence-electron chi connectivity index (χ1n) is 3.91. The van der Waals surface area contributed by atoms with Crippen LogP contribution in [0.25, 0.3) is 0 Å². The number of pyridine rings is 1. The number of halogens is 2. The fourth-order valence-electron chi connectivity index (χ4n) is 1.11. The largest absolute Gasteiger partial charge is 0.505 e. The third-order valence-electron chi connectivity index (χ3n) is 1.80. The van der Waals surface area contributed by atoms with Crippen molar-refractivity contribution in [2.45, 2.75) is 13.0 Å². The van der Waals surface area contributed by atoms with Crippen molar-refractivity contribution in [3.05, 3.63) is 23.0 Å². The molecule has 1 heterocycles. The van der Waals surface area contributed by atoms with Crippen LogP contribution in [0.5, 0.6) is 5.75 Å². The molecule has 0 unspecified atom stereocenters. The van der Waals surface area contributed by atoms with Crippen molar-refractivity contribution in [2.24, 2.45) is 5.73 Å². The summed E-state index contributed by atoms with van der Waals surface area (Å²) >= 11 is 0. The first-order valence-corrected chi connectivity index (χ1v) is 3.91. The lowest BCUT2D eigenvalue weighted by Crippen LogP contribution is -2.10. The smallest absolute Gasteiger partial charge is 0.339 e. The maximum atomic E-state index is 12.3. The first kappa shape index (κ1) is 11.3. The standard InChI is InChI=1S/C8H8F2N2O3/c9-7(10)5-6(13)4(8(14)15)3(1-11)2-12-5/h2,7,13H,1,11H2,(H,14,15). The van der Waals surface area contributed by atoms with Gasteiger partial charge in [0.25, 0.3) is 6.43 Å². The highest BCUT2D eigenvalue weighted by molar-refractivity contribution is 5.92. The molecule has 0 amide bonds. The molecule has 7 heteroatoms. The molecule has 15 heavy (non-hydrogen) atoms. The van der Waals surface area contributed by atoms with Gasteiger partial charge in [0.05, 0.1) is 0 Å². The second-order valence-electron chi connectivity index (χ2n) is 2.70. The van der Waals surface area contributed by atoms with Gasteiger partial charge in [-0.15, -0.1) is 0 Å². The maximum Gasteiger partial charge on any atom is 0.339 e. The highest BCUT2D eigenvalue weighted by Gasteiger charge is 2.23. The number of rotatable bonds is 3. The monoisotopic (exact) mass is 218 g/mol. The Balaban J connectivity index is 3.42. The Hall–Kier alpha value is -1.76. The molecule has 0 aliphatic heterocycles. The zero-order valence-electron chi connectivity index (χ0n) is 7.44. The SMILES string of the molecule is NCc1cnc(C(F)F)c(O)c1C(=O)O. The molecule has 0 atom stereocenters. The van der Waals surface area contributed by atoms with E-state index in [1.165, 1.54) is 0 Å². The van der Waals surface area contributed by atoms with Gasteiger partial charge in [0.15, 0.2) is 5.75 Å². The first-order chi connectivity index (χ1) is 6.99. The second kappa shape index (κ2) is 4.18. The number of carboxylic acid groups (broad SMARTS) is 1. The van der Waals surface area contributed by atoms with Crippen molar-refractivity contribution in [1.82, 2.24) is 4.98 Å². The molecule has 0 aromatic carbocycles. The lowest BCUT2D eigenvalue weighted by molar-refractivity contribution is 0.0691. The molecule has 0 aliphatic carbocycles. The summed E-state index contributed by atoms with van der Waals surface area (Å²) in [4.78, 5) is 13.9. The van der Waals surface area contributed by atoms with Gasteiger partial charge in [-0.1, -0.05) is 0 Å². The summed E-state index contributed by atoms with van der Waals surface area (Å²) in [5.41, 5.74) is 3.61. The number of carboxylic acids is 1. The van der Waals surface area contributed by atoms with Crippen LogP contribution in [0.1, 0.15) is 28.0 Å². The van der Waals surface area contributed by atoms with Gasteiger partial charge in [0, 0.05) is 18.3 Å². The van der Waals surface area contributed by atoms with Crippen LogP contribution in [0.4, 0.5) is 8.78 Å². The zero-order valence-corrected chi connectivity index (χ0v) is 7.44. The lowest BCUT2D eigenvalue weighted by atomic mass is 10.1. The summed E-state index contributed by atoms with van der Waals surface area (Å²) in [6, 6.07) is 0. The molecular weight excluding hydrogens is 210 g/mol. The summed E-state index contributed by atoms with van der Waals surface area (Å²) < 4.78 is 24.5. The van der Waals surface area contributed by atoms with E-state index >= 15 is 0 Å². The molecule has 0 spiro atoms. The van der Waals surface area contributed by atoms with Crippen molar-refractivity contribution in [3.8, 4) is 5.75 Å². The summed E-state index contributed by atoms with van der Waals surface area (Å²) in [5, 5.41) is 18.0. The van der Waals surface area contributed by atoms with Crippen molar-refractivity contribution in [2.75, 3.05) is 0 Å². The van der Waals surface area contributed by atoms with E-state index in [0.29, 0.717) is 0 Å². The molecule has 1 aromatic rings. The normalized spacial score (nSPS) is 10.7. The second-order valence-corrected chi connectivity index (χ2v) is 2.70. The lowest BCUT2D eigenvalue weighted by Gasteiger charge is -2.08. The average Bonchev–Trinajstić information content (AvgIpc) is 2.15. The van der Waals surface area contributed by atoms with E-state index in [0.717, 1.165) is 6.20 Å². The van der Waals surface area contributed by atoms with E-state index < -0.39 is 29.4 Å². The van der Waals surface area contributed by atoms with E-state index in [-0.39, 0.29) is 12.1 Å². The Bertz CT molecular complexity index is 396. The van der Waals surface area contributed by atoms with Gasteiger partial charge < -0.3 is 15.9 Å².